The zero-order valence-corrected chi connectivity index (χ0v) is 14.4. The molecule has 1 aliphatic heterocycles. The maximum atomic E-state index is 12.8. The van der Waals surface area contributed by atoms with E-state index in [2.05, 4.69) is 0 Å². The lowest BCUT2D eigenvalue weighted by Gasteiger charge is -2.24. The van der Waals surface area contributed by atoms with Crippen molar-refractivity contribution in [1.29, 1.82) is 0 Å². The number of carboxylic acids is 1. The number of aliphatic carboxylic acids is 1. The molecule has 1 heterocycles. The Hall–Kier alpha value is -1.81. The van der Waals surface area contributed by atoms with Crippen LogP contribution >= 0.6 is 0 Å². The number of rotatable bonds is 5. The van der Waals surface area contributed by atoms with Gasteiger partial charge in [0.2, 0.25) is 10.0 Å². The SMILES string of the molecule is Cc1ccc(S(=O)(=O)N2CCC[C@H]2C(=O)O)c(OC(C)C(F)(F)F)c1. The summed E-state index contributed by atoms with van der Waals surface area (Å²) in [4.78, 5) is 10.8. The summed E-state index contributed by atoms with van der Waals surface area (Å²) in [7, 11) is -4.31. The predicted octanol–water partition coefficient (Wildman–Crippen LogP) is 2.56. The average molecular weight is 381 g/mol. The van der Waals surface area contributed by atoms with Gasteiger partial charge in [-0.2, -0.15) is 17.5 Å². The molecule has 1 fully saturated rings. The van der Waals surface area contributed by atoms with Crippen LogP contribution in [0.25, 0.3) is 0 Å². The van der Waals surface area contributed by atoms with Crippen LogP contribution < -0.4 is 4.74 Å². The minimum absolute atomic E-state index is 0.0125. The Morgan fingerprint density at radius 3 is 2.60 bits per heavy atom. The van der Waals surface area contributed by atoms with E-state index in [-0.39, 0.29) is 13.0 Å². The van der Waals surface area contributed by atoms with Gasteiger partial charge in [-0.1, -0.05) is 6.07 Å². The second-order valence-corrected chi connectivity index (χ2v) is 7.72. The zero-order chi connectivity index (χ0) is 19.0. The monoisotopic (exact) mass is 381 g/mol. The molecular formula is C15H18F3NO5S. The fourth-order valence-electron chi connectivity index (χ4n) is 2.58. The van der Waals surface area contributed by atoms with Crippen LogP contribution in [-0.2, 0) is 14.8 Å². The molecule has 2 atom stereocenters. The fraction of sp³-hybridized carbons (Fsp3) is 0.533. The first-order valence-corrected chi connectivity index (χ1v) is 8.97. The highest BCUT2D eigenvalue weighted by Gasteiger charge is 2.42. The Kier molecular flexibility index (Phi) is 5.33. The highest BCUT2D eigenvalue weighted by atomic mass is 32.2. The van der Waals surface area contributed by atoms with Gasteiger partial charge in [-0.05, 0) is 44.4 Å². The van der Waals surface area contributed by atoms with E-state index in [0.29, 0.717) is 12.0 Å². The molecule has 1 aromatic carbocycles. The molecule has 1 unspecified atom stereocenters. The summed E-state index contributed by atoms with van der Waals surface area (Å²) < 4.78 is 69.6. The number of ether oxygens (including phenoxy) is 1. The number of carbonyl (C=O) groups is 1. The lowest BCUT2D eigenvalue weighted by Crippen LogP contribution is -2.40. The molecular weight excluding hydrogens is 363 g/mol. The number of alkyl halides is 3. The summed E-state index contributed by atoms with van der Waals surface area (Å²) in [6, 6.07) is 2.52. The molecule has 0 aliphatic carbocycles. The van der Waals surface area contributed by atoms with Gasteiger partial charge in [-0.3, -0.25) is 4.79 Å². The number of hydrogen-bond acceptors (Lipinski definition) is 4. The summed E-state index contributed by atoms with van der Waals surface area (Å²) in [6.07, 6.45) is -6.37. The maximum absolute atomic E-state index is 12.8. The predicted molar refractivity (Wildman–Crippen MR) is 81.9 cm³/mol. The summed E-state index contributed by atoms with van der Waals surface area (Å²) in [6.45, 7) is 2.34. The van der Waals surface area contributed by atoms with Crippen LogP contribution in [0.4, 0.5) is 13.2 Å². The second kappa shape index (κ2) is 6.83. The molecule has 1 N–H and O–H groups in total. The smallest absolute Gasteiger partial charge is 0.425 e. The second-order valence-electron chi connectivity index (χ2n) is 5.86. The van der Waals surface area contributed by atoms with E-state index in [1.807, 2.05) is 0 Å². The summed E-state index contributed by atoms with van der Waals surface area (Å²) >= 11 is 0. The number of aryl methyl sites for hydroxylation is 1. The van der Waals surface area contributed by atoms with Crippen molar-refractivity contribution in [2.45, 2.75) is 49.9 Å². The molecule has 0 radical (unpaired) electrons. The van der Waals surface area contributed by atoms with Gasteiger partial charge < -0.3 is 9.84 Å². The van der Waals surface area contributed by atoms with Crippen LogP contribution in [0.3, 0.4) is 0 Å². The van der Waals surface area contributed by atoms with Crippen molar-refractivity contribution >= 4 is 16.0 Å². The molecule has 10 heteroatoms. The number of nitrogens with zero attached hydrogens (tertiary/aromatic N) is 1. The molecule has 25 heavy (non-hydrogen) atoms. The van der Waals surface area contributed by atoms with Gasteiger partial charge in [0.25, 0.3) is 0 Å². The Balaban J connectivity index is 2.46. The lowest BCUT2D eigenvalue weighted by atomic mass is 10.2. The number of hydrogen-bond donors (Lipinski definition) is 1. The van der Waals surface area contributed by atoms with Gasteiger partial charge >= 0.3 is 12.1 Å². The fourth-order valence-corrected chi connectivity index (χ4v) is 4.33. The van der Waals surface area contributed by atoms with Crippen molar-refractivity contribution in [3.8, 4) is 5.75 Å². The summed E-state index contributed by atoms with van der Waals surface area (Å²) in [5, 5.41) is 9.17. The molecule has 1 aromatic rings. The van der Waals surface area contributed by atoms with Crippen LogP contribution in [0.15, 0.2) is 23.1 Å². The van der Waals surface area contributed by atoms with Crippen molar-refractivity contribution in [2.24, 2.45) is 0 Å². The molecule has 1 saturated heterocycles. The van der Waals surface area contributed by atoms with E-state index in [4.69, 9.17) is 4.74 Å². The van der Waals surface area contributed by atoms with E-state index >= 15 is 0 Å². The van der Waals surface area contributed by atoms with E-state index < -0.39 is 45.0 Å². The molecule has 0 amide bonds. The highest BCUT2D eigenvalue weighted by Crippen LogP contribution is 2.34. The Morgan fingerprint density at radius 1 is 1.40 bits per heavy atom. The van der Waals surface area contributed by atoms with Crippen molar-refractivity contribution in [2.75, 3.05) is 6.54 Å². The van der Waals surface area contributed by atoms with Crippen molar-refractivity contribution in [1.82, 2.24) is 4.31 Å². The number of halogens is 3. The third kappa shape index (κ3) is 4.06. The van der Waals surface area contributed by atoms with Crippen LogP contribution in [-0.4, -0.2) is 48.7 Å². The third-order valence-electron chi connectivity index (χ3n) is 3.94. The molecule has 0 bridgehead atoms. The third-order valence-corrected chi connectivity index (χ3v) is 5.89. The van der Waals surface area contributed by atoms with Crippen molar-refractivity contribution in [3.05, 3.63) is 23.8 Å². The van der Waals surface area contributed by atoms with Crippen LogP contribution in [0.1, 0.15) is 25.3 Å². The summed E-state index contributed by atoms with van der Waals surface area (Å²) in [5.74, 6) is -1.74. The minimum Gasteiger partial charge on any atom is -0.480 e. The standard InChI is InChI=1S/C15H18F3NO5S/c1-9-5-6-13(12(8-9)24-10(2)15(16,17)18)25(22,23)19-7-3-4-11(19)14(20)21/h5-6,8,10-11H,3-4,7H2,1-2H3,(H,20,21)/t10?,11-/m0/s1. The van der Waals surface area contributed by atoms with Gasteiger partial charge in [0.15, 0.2) is 6.10 Å². The van der Waals surface area contributed by atoms with Gasteiger partial charge in [-0.15, -0.1) is 0 Å². The Labute approximate surface area is 143 Å². The Bertz CT molecular complexity index is 763. The van der Waals surface area contributed by atoms with Gasteiger partial charge in [-0.25, -0.2) is 8.42 Å². The van der Waals surface area contributed by atoms with Gasteiger partial charge in [0.1, 0.15) is 16.7 Å². The first kappa shape index (κ1) is 19.5. The molecule has 0 aromatic heterocycles. The lowest BCUT2D eigenvalue weighted by molar-refractivity contribution is -0.189. The maximum Gasteiger partial charge on any atom is 0.425 e. The van der Waals surface area contributed by atoms with Crippen LogP contribution in [0.5, 0.6) is 5.75 Å². The van der Waals surface area contributed by atoms with E-state index in [9.17, 15) is 31.5 Å². The number of carboxylic acid groups (broad SMARTS) is 1. The normalized spacial score (nSPS) is 20.4. The van der Waals surface area contributed by atoms with Gasteiger partial charge in [0, 0.05) is 6.54 Å². The molecule has 6 nitrogen and oxygen atoms in total. The first-order valence-electron chi connectivity index (χ1n) is 7.53. The van der Waals surface area contributed by atoms with E-state index in [1.54, 1.807) is 6.92 Å². The average Bonchev–Trinajstić information content (AvgIpc) is 2.96. The molecule has 140 valence electrons. The topological polar surface area (TPSA) is 83.9 Å². The van der Waals surface area contributed by atoms with Gasteiger partial charge in [0.05, 0.1) is 0 Å². The highest BCUT2D eigenvalue weighted by molar-refractivity contribution is 7.89. The molecule has 0 saturated carbocycles. The minimum atomic E-state index is -4.66. The largest absolute Gasteiger partial charge is 0.480 e. The first-order chi connectivity index (χ1) is 11.4. The van der Waals surface area contributed by atoms with E-state index in [1.165, 1.54) is 12.1 Å². The van der Waals surface area contributed by atoms with Crippen molar-refractivity contribution in [3.63, 3.8) is 0 Å². The molecule has 1 aliphatic rings. The Morgan fingerprint density at radius 2 is 2.04 bits per heavy atom. The molecule has 2 rings (SSSR count). The van der Waals surface area contributed by atoms with E-state index in [0.717, 1.165) is 17.3 Å². The molecule has 0 spiro atoms. The quantitative estimate of drug-likeness (QED) is 0.848. The number of benzene rings is 1. The van der Waals surface area contributed by atoms with Crippen molar-refractivity contribution < 1.29 is 36.2 Å². The number of sulfonamides is 1. The van der Waals surface area contributed by atoms with Crippen LogP contribution in [0.2, 0.25) is 0 Å². The van der Waals surface area contributed by atoms with Crippen LogP contribution in [0, 0.1) is 6.92 Å². The summed E-state index contributed by atoms with van der Waals surface area (Å²) in [5.41, 5.74) is 0.513. The zero-order valence-electron chi connectivity index (χ0n) is 13.6.